The van der Waals surface area contributed by atoms with Crippen molar-refractivity contribution in [3.8, 4) is 0 Å². The predicted octanol–water partition coefficient (Wildman–Crippen LogP) is 2.61. The molecule has 1 rings (SSSR count). The van der Waals surface area contributed by atoms with E-state index in [1.807, 2.05) is 35.2 Å². The summed E-state index contributed by atoms with van der Waals surface area (Å²) in [6, 6.07) is 10.00. The van der Waals surface area contributed by atoms with Crippen LogP contribution in [0.5, 0.6) is 0 Å². The molecule has 1 aromatic rings. The third-order valence-electron chi connectivity index (χ3n) is 2.20. The monoisotopic (exact) mass is 203 g/mol. The quantitative estimate of drug-likeness (QED) is 0.674. The van der Waals surface area contributed by atoms with Crippen molar-refractivity contribution in [3.63, 3.8) is 0 Å². The first kappa shape index (κ1) is 11.5. The number of benzene rings is 1. The van der Waals surface area contributed by atoms with E-state index < -0.39 is 0 Å². The van der Waals surface area contributed by atoms with E-state index in [1.165, 1.54) is 6.08 Å². The van der Waals surface area contributed by atoms with E-state index in [9.17, 15) is 4.79 Å². The number of hydrogen-bond acceptors (Lipinski definition) is 1. The summed E-state index contributed by atoms with van der Waals surface area (Å²) in [4.78, 5) is 13.3. The van der Waals surface area contributed by atoms with Crippen LogP contribution in [0.4, 0.5) is 0 Å². The Morgan fingerprint density at radius 2 is 2.07 bits per heavy atom. The van der Waals surface area contributed by atoms with Crippen molar-refractivity contribution in [3.05, 3.63) is 48.6 Å². The topological polar surface area (TPSA) is 20.3 Å². The van der Waals surface area contributed by atoms with E-state index in [2.05, 4.69) is 13.5 Å². The first-order valence-electron chi connectivity index (χ1n) is 5.23. The van der Waals surface area contributed by atoms with Gasteiger partial charge in [0.05, 0.1) is 0 Å². The summed E-state index contributed by atoms with van der Waals surface area (Å²) in [7, 11) is 0. The average molecular weight is 203 g/mol. The Balaban J connectivity index is 2.66. The van der Waals surface area contributed by atoms with Crippen molar-refractivity contribution in [1.82, 2.24) is 4.90 Å². The lowest BCUT2D eigenvalue weighted by molar-refractivity contribution is -0.126. The Kier molecular flexibility index (Phi) is 4.61. The number of carbonyl (C=O) groups excluding carboxylic acids is 1. The lowest BCUT2D eigenvalue weighted by Crippen LogP contribution is -2.29. The largest absolute Gasteiger partial charge is 0.335 e. The van der Waals surface area contributed by atoms with Crippen LogP contribution in [-0.2, 0) is 11.3 Å². The zero-order valence-corrected chi connectivity index (χ0v) is 9.15. The Bertz CT molecular complexity index is 319. The second-order valence-corrected chi connectivity index (χ2v) is 3.45. The molecule has 0 bridgehead atoms. The lowest BCUT2D eigenvalue weighted by Gasteiger charge is -2.20. The summed E-state index contributed by atoms with van der Waals surface area (Å²) in [5.41, 5.74) is 1.15. The first-order chi connectivity index (χ1) is 7.27. The molecule has 0 unspecified atom stereocenters. The fourth-order valence-corrected chi connectivity index (χ4v) is 1.47. The molecule has 80 valence electrons. The molecule has 0 heterocycles. The van der Waals surface area contributed by atoms with Crippen LogP contribution in [0.25, 0.3) is 0 Å². The van der Waals surface area contributed by atoms with Gasteiger partial charge in [-0.1, -0.05) is 43.8 Å². The maximum Gasteiger partial charge on any atom is 0.246 e. The molecule has 2 heteroatoms. The van der Waals surface area contributed by atoms with Gasteiger partial charge in [-0.2, -0.15) is 0 Å². The molecule has 0 fully saturated rings. The van der Waals surface area contributed by atoms with Gasteiger partial charge in [0.1, 0.15) is 0 Å². The van der Waals surface area contributed by atoms with Gasteiger partial charge in [-0.3, -0.25) is 4.79 Å². The molecule has 1 aromatic carbocycles. The molecule has 0 atom stereocenters. The molecule has 0 aliphatic rings. The Labute approximate surface area is 91.2 Å². The zero-order valence-electron chi connectivity index (χ0n) is 9.15. The van der Waals surface area contributed by atoms with Gasteiger partial charge in [0, 0.05) is 13.1 Å². The summed E-state index contributed by atoms with van der Waals surface area (Å²) < 4.78 is 0. The van der Waals surface area contributed by atoms with Crippen molar-refractivity contribution < 1.29 is 4.79 Å². The number of carbonyl (C=O) groups is 1. The van der Waals surface area contributed by atoms with Crippen molar-refractivity contribution >= 4 is 5.91 Å². The fourth-order valence-electron chi connectivity index (χ4n) is 1.47. The number of rotatable bonds is 5. The van der Waals surface area contributed by atoms with Gasteiger partial charge in [-0.25, -0.2) is 0 Å². The van der Waals surface area contributed by atoms with E-state index >= 15 is 0 Å². The average Bonchev–Trinajstić information content (AvgIpc) is 2.29. The Morgan fingerprint density at radius 1 is 1.40 bits per heavy atom. The summed E-state index contributed by atoms with van der Waals surface area (Å²) in [5.74, 6) is 0.000651. The summed E-state index contributed by atoms with van der Waals surface area (Å²) in [6.07, 6.45) is 2.34. The number of amides is 1. The van der Waals surface area contributed by atoms with Gasteiger partial charge in [-0.05, 0) is 18.1 Å². The van der Waals surface area contributed by atoms with Gasteiger partial charge in [0.25, 0.3) is 0 Å². The second kappa shape index (κ2) is 6.02. The second-order valence-electron chi connectivity index (χ2n) is 3.45. The lowest BCUT2D eigenvalue weighted by atomic mass is 10.2. The molecule has 0 aliphatic carbocycles. The molecule has 2 nitrogen and oxygen atoms in total. The van der Waals surface area contributed by atoms with Gasteiger partial charge in [0.2, 0.25) is 5.91 Å². The van der Waals surface area contributed by atoms with Crippen molar-refractivity contribution in [2.24, 2.45) is 0 Å². The highest BCUT2D eigenvalue weighted by Crippen LogP contribution is 2.05. The standard InChI is InChI=1S/C13H17NO/c1-3-10-14(13(15)4-2)11-12-8-6-5-7-9-12/h4-9H,2-3,10-11H2,1H3. The number of hydrogen-bond donors (Lipinski definition) is 0. The van der Waals surface area contributed by atoms with Crippen molar-refractivity contribution in [2.75, 3.05) is 6.54 Å². The highest BCUT2D eigenvalue weighted by molar-refractivity contribution is 5.86. The normalized spacial score (nSPS) is 9.67. The highest BCUT2D eigenvalue weighted by atomic mass is 16.2. The highest BCUT2D eigenvalue weighted by Gasteiger charge is 2.08. The van der Waals surface area contributed by atoms with Crippen LogP contribution in [0.15, 0.2) is 43.0 Å². The minimum atomic E-state index is 0.000651. The van der Waals surface area contributed by atoms with Gasteiger partial charge >= 0.3 is 0 Å². The van der Waals surface area contributed by atoms with Crippen molar-refractivity contribution in [2.45, 2.75) is 19.9 Å². The molecule has 0 spiro atoms. The summed E-state index contributed by atoms with van der Waals surface area (Å²) in [5, 5.41) is 0. The smallest absolute Gasteiger partial charge is 0.246 e. The van der Waals surface area contributed by atoms with E-state index in [0.717, 1.165) is 18.5 Å². The molecule has 15 heavy (non-hydrogen) atoms. The SMILES string of the molecule is C=CC(=O)N(CCC)Cc1ccccc1. The molecule has 0 aromatic heterocycles. The van der Waals surface area contributed by atoms with E-state index in [0.29, 0.717) is 6.54 Å². The van der Waals surface area contributed by atoms with E-state index in [4.69, 9.17) is 0 Å². The molecule has 0 radical (unpaired) electrons. The van der Waals surface area contributed by atoms with E-state index in [1.54, 1.807) is 0 Å². The van der Waals surface area contributed by atoms with Crippen LogP contribution in [-0.4, -0.2) is 17.4 Å². The molecule has 1 amide bonds. The predicted molar refractivity (Wildman–Crippen MR) is 62.3 cm³/mol. The van der Waals surface area contributed by atoms with Crippen LogP contribution >= 0.6 is 0 Å². The first-order valence-corrected chi connectivity index (χ1v) is 5.23. The van der Waals surface area contributed by atoms with Gasteiger partial charge < -0.3 is 4.90 Å². The summed E-state index contributed by atoms with van der Waals surface area (Å²) >= 11 is 0. The van der Waals surface area contributed by atoms with Gasteiger partial charge in [0.15, 0.2) is 0 Å². The van der Waals surface area contributed by atoms with Crippen LogP contribution < -0.4 is 0 Å². The van der Waals surface area contributed by atoms with E-state index in [-0.39, 0.29) is 5.91 Å². The maximum absolute atomic E-state index is 11.5. The third-order valence-corrected chi connectivity index (χ3v) is 2.20. The maximum atomic E-state index is 11.5. The summed E-state index contributed by atoms with van der Waals surface area (Å²) in [6.45, 7) is 7.02. The Morgan fingerprint density at radius 3 is 2.60 bits per heavy atom. The third kappa shape index (κ3) is 3.58. The minimum Gasteiger partial charge on any atom is -0.335 e. The molecule has 0 saturated carbocycles. The van der Waals surface area contributed by atoms with Crippen molar-refractivity contribution in [1.29, 1.82) is 0 Å². The molecular weight excluding hydrogens is 186 g/mol. The van der Waals surface area contributed by atoms with Gasteiger partial charge in [-0.15, -0.1) is 0 Å². The molecule has 0 N–H and O–H groups in total. The molecular formula is C13H17NO. The number of nitrogens with zero attached hydrogens (tertiary/aromatic N) is 1. The Hall–Kier alpha value is -1.57. The fraction of sp³-hybridized carbons (Fsp3) is 0.308. The zero-order chi connectivity index (χ0) is 11.1. The van der Waals surface area contributed by atoms with Crippen LogP contribution in [0, 0.1) is 0 Å². The molecule has 0 saturated heterocycles. The molecule has 0 aliphatic heterocycles. The van der Waals surface area contributed by atoms with Crippen LogP contribution in [0.3, 0.4) is 0 Å². The minimum absolute atomic E-state index is 0.000651. The van der Waals surface area contributed by atoms with Crippen LogP contribution in [0.2, 0.25) is 0 Å². The van der Waals surface area contributed by atoms with Crippen LogP contribution in [0.1, 0.15) is 18.9 Å².